The Bertz CT molecular complexity index is 1010. The number of aryl methyl sites for hydroxylation is 2. The van der Waals surface area contributed by atoms with Crippen molar-refractivity contribution in [3.63, 3.8) is 0 Å². The highest BCUT2D eigenvalue weighted by Crippen LogP contribution is 2.21. The molecule has 28 heavy (non-hydrogen) atoms. The lowest BCUT2D eigenvalue weighted by molar-refractivity contribution is -0.119. The van der Waals surface area contributed by atoms with E-state index < -0.39 is 0 Å². The van der Waals surface area contributed by atoms with Gasteiger partial charge in [-0.2, -0.15) is 4.98 Å². The Morgan fingerprint density at radius 2 is 1.86 bits per heavy atom. The highest BCUT2D eigenvalue weighted by atomic mass is 35.5. The van der Waals surface area contributed by atoms with Crippen molar-refractivity contribution >= 4 is 35.0 Å². The zero-order valence-corrected chi connectivity index (χ0v) is 18.3. The second-order valence-electron chi connectivity index (χ2n) is 7.76. The van der Waals surface area contributed by atoms with Gasteiger partial charge in [0.2, 0.25) is 11.1 Å². The fourth-order valence-electron chi connectivity index (χ4n) is 2.90. The predicted octanol–water partition coefficient (Wildman–Crippen LogP) is 3.99. The van der Waals surface area contributed by atoms with Crippen molar-refractivity contribution in [3.8, 4) is 0 Å². The molecule has 0 fully saturated rings. The van der Waals surface area contributed by atoms with E-state index in [-0.39, 0.29) is 17.2 Å². The van der Waals surface area contributed by atoms with Gasteiger partial charge >= 0.3 is 0 Å². The molecule has 0 atom stereocenters. The first-order valence-electron chi connectivity index (χ1n) is 9.03. The quantitative estimate of drug-likeness (QED) is 0.635. The number of hydrogen-bond acceptors (Lipinski definition) is 5. The van der Waals surface area contributed by atoms with Gasteiger partial charge in [-0.3, -0.25) is 4.79 Å². The first kappa shape index (κ1) is 20.6. The van der Waals surface area contributed by atoms with Crippen molar-refractivity contribution in [2.24, 2.45) is 0 Å². The fourth-order valence-corrected chi connectivity index (χ4v) is 3.64. The highest BCUT2D eigenvalue weighted by molar-refractivity contribution is 7.99. The summed E-state index contributed by atoms with van der Waals surface area (Å²) >= 11 is 7.29. The van der Waals surface area contributed by atoms with E-state index >= 15 is 0 Å². The SMILES string of the molecule is Cc1nc2nc(SCC(=O)NC(C)(C)C)nn2c(C)c1Cc1ccc(Cl)cc1. The van der Waals surface area contributed by atoms with Gasteiger partial charge in [-0.05, 0) is 57.9 Å². The molecule has 6 nitrogen and oxygen atoms in total. The predicted molar refractivity (Wildman–Crippen MR) is 113 cm³/mol. The number of hydrogen-bond donors (Lipinski definition) is 1. The van der Waals surface area contributed by atoms with Crippen LogP contribution >= 0.6 is 23.4 Å². The van der Waals surface area contributed by atoms with E-state index in [9.17, 15) is 4.79 Å². The molecular formula is C20H24ClN5OS. The zero-order valence-electron chi connectivity index (χ0n) is 16.7. The first-order chi connectivity index (χ1) is 13.1. The summed E-state index contributed by atoms with van der Waals surface area (Å²) in [6.07, 6.45) is 0.744. The van der Waals surface area contributed by atoms with Gasteiger partial charge in [0.15, 0.2) is 0 Å². The third-order valence-corrected chi connectivity index (χ3v) is 5.26. The van der Waals surface area contributed by atoms with Gasteiger partial charge in [0.25, 0.3) is 5.78 Å². The van der Waals surface area contributed by atoms with E-state index in [4.69, 9.17) is 11.6 Å². The summed E-state index contributed by atoms with van der Waals surface area (Å²) < 4.78 is 1.75. The zero-order chi connectivity index (χ0) is 20.5. The smallest absolute Gasteiger partial charge is 0.253 e. The van der Waals surface area contributed by atoms with Crippen molar-refractivity contribution in [2.75, 3.05) is 5.75 Å². The van der Waals surface area contributed by atoms with E-state index in [0.29, 0.717) is 10.9 Å². The summed E-state index contributed by atoms with van der Waals surface area (Å²) in [4.78, 5) is 21.1. The minimum atomic E-state index is -0.254. The molecular weight excluding hydrogens is 394 g/mol. The molecule has 2 aromatic heterocycles. The maximum absolute atomic E-state index is 12.0. The molecule has 0 unspecified atom stereocenters. The van der Waals surface area contributed by atoms with Crippen LogP contribution in [0.2, 0.25) is 5.02 Å². The maximum Gasteiger partial charge on any atom is 0.253 e. The van der Waals surface area contributed by atoms with Gasteiger partial charge in [0, 0.05) is 28.4 Å². The lowest BCUT2D eigenvalue weighted by atomic mass is 10.0. The van der Waals surface area contributed by atoms with Crippen LogP contribution in [0.3, 0.4) is 0 Å². The van der Waals surface area contributed by atoms with E-state index in [2.05, 4.69) is 20.4 Å². The first-order valence-corrected chi connectivity index (χ1v) is 10.4. The second kappa shape index (κ2) is 8.09. The summed E-state index contributed by atoms with van der Waals surface area (Å²) in [6, 6.07) is 7.81. The number of nitrogens with zero attached hydrogens (tertiary/aromatic N) is 4. The second-order valence-corrected chi connectivity index (χ2v) is 9.14. The molecule has 3 rings (SSSR count). The van der Waals surface area contributed by atoms with Crippen LogP contribution in [0.1, 0.15) is 43.3 Å². The van der Waals surface area contributed by atoms with Gasteiger partial charge in [-0.15, -0.1) is 5.10 Å². The van der Waals surface area contributed by atoms with E-state index in [1.54, 1.807) is 4.52 Å². The number of fused-ring (bicyclic) bond motifs is 1. The number of benzene rings is 1. The summed E-state index contributed by atoms with van der Waals surface area (Å²) in [6.45, 7) is 9.86. The van der Waals surface area contributed by atoms with Crippen LogP contribution in [0.25, 0.3) is 5.78 Å². The molecule has 0 bridgehead atoms. The molecule has 0 saturated heterocycles. The van der Waals surface area contributed by atoms with Crippen LogP contribution in [0.15, 0.2) is 29.4 Å². The summed E-state index contributed by atoms with van der Waals surface area (Å²) in [5.41, 5.74) is 3.94. The van der Waals surface area contributed by atoms with Gasteiger partial charge < -0.3 is 5.32 Å². The van der Waals surface area contributed by atoms with Crippen LogP contribution in [0, 0.1) is 13.8 Å². The highest BCUT2D eigenvalue weighted by Gasteiger charge is 2.17. The standard InChI is InChI=1S/C20H24ClN5OS/c1-12-16(10-14-6-8-15(21)9-7-14)13(2)26-18(22-12)23-19(25-26)28-11-17(27)24-20(3,4)5/h6-9H,10-11H2,1-5H3,(H,24,27). The number of aromatic nitrogens is 4. The molecule has 0 aliphatic heterocycles. The lowest BCUT2D eigenvalue weighted by Gasteiger charge is -2.19. The molecule has 0 radical (unpaired) electrons. The molecule has 0 aliphatic carbocycles. The van der Waals surface area contributed by atoms with Crippen LogP contribution in [-0.2, 0) is 11.2 Å². The molecule has 0 aliphatic rings. The molecule has 1 amide bonds. The molecule has 8 heteroatoms. The van der Waals surface area contributed by atoms with Crippen LogP contribution in [0.5, 0.6) is 0 Å². The Hall–Kier alpha value is -2.12. The average molecular weight is 418 g/mol. The van der Waals surface area contributed by atoms with Gasteiger partial charge in [0.1, 0.15) is 0 Å². The lowest BCUT2D eigenvalue weighted by Crippen LogP contribution is -2.41. The number of thioether (sulfide) groups is 1. The van der Waals surface area contributed by atoms with E-state index in [1.807, 2.05) is 58.9 Å². The largest absolute Gasteiger partial charge is 0.351 e. The minimum absolute atomic E-state index is 0.0411. The Morgan fingerprint density at radius 3 is 2.50 bits per heavy atom. The van der Waals surface area contributed by atoms with Crippen molar-refractivity contribution in [1.29, 1.82) is 0 Å². The molecule has 2 heterocycles. The third-order valence-electron chi connectivity index (χ3n) is 4.17. The molecule has 0 spiro atoms. The van der Waals surface area contributed by atoms with E-state index in [0.717, 1.165) is 34.0 Å². The monoisotopic (exact) mass is 417 g/mol. The summed E-state index contributed by atoms with van der Waals surface area (Å²) in [5.74, 6) is 0.776. The maximum atomic E-state index is 12.0. The topological polar surface area (TPSA) is 72.2 Å². The number of halogens is 1. The number of carbonyl (C=O) groups excluding carboxylic acids is 1. The average Bonchev–Trinajstić information content (AvgIpc) is 3.00. The van der Waals surface area contributed by atoms with E-state index in [1.165, 1.54) is 11.8 Å². The number of nitrogens with one attached hydrogen (secondary N) is 1. The summed E-state index contributed by atoms with van der Waals surface area (Å²) in [5, 5.41) is 8.75. The number of rotatable bonds is 5. The van der Waals surface area contributed by atoms with Crippen molar-refractivity contribution in [2.45, 2.75) is 51.7 Å². The van der Waals surface area contributed by atoms with Crippen LogP contribution in [-0.4, -0.2) is 36.8 Å². The number of carbonyl (C=O) groups is 1. The molecule has 1 N–H and O–H groups in total. The molecule has 148 valence electrons. The molecule has 3 aromatic rings. The fraction of sp³-hybridized carbons (Fsp3) is 0.400. The van der Waals surface area contributed by atoms with Crippen LogP contribution in [0.4, 0.5) is 0 Å². The normalized spacial score (nSPS) is 11.8. The Balaban J connectivity index is 1.81. The van der Waals surface area contributed by atoms with Crippen LogP contribution < -0.4 is 5.32 Å². The Kier molecular flexibility index (Phi) is 5.95. The summed E-state index contributed by atoms with van der Waals surface area (Å²) in [7, 11) is 0. The van der Waals surface area contributed by atoms with Gasteiger partial charge in [-0.1, -0.05) is 35.5 Å². The molecule has 1 aromatic carbocycles. The Labute approximate surface area is 174 Å². The molecule has 0 saturated carbocycles. The van der Waals surface area contributed by atoms with Crippen molar-refractivity contribution in [1.82, 2.24) is 24.9 Å². The Morgan fingerprint density at radius 1 is 1.18 bits per heavy atom. The van der Waals surface area contributed by atoms with Crippen molar-refractivity contribution in [3.05, 3.63) is 51.8 Å². The van der Waals surface area contributed by atoms with Gasteiger partial charge in [-0.25, -0.2) is 9.50 Å². The minimum Gasteiger partial charge on any atom is -0.351 e. The van der Waals surface area contributed by atoms with Crippen molar-refractivity contribution < 1.29 is 4.79 Å². The number of amides is 1. The van der Waals surface area contributed by atoms with Gasteiger partial charge in [0.05, 0.1) is 5.75 Å². The third kappa shape index (κ3) is 5.02.